The van der Waals surface area contributed by atoms with Crippen molar-refractivity contribution in [3.8, 4) is 11.1 Å². The third-order valence-electron chi connectivity index (χ3n) is 2.66. The van der Waals surface area contributed by atoms with E-state index in [-0.39, 0.29) is 32.7 Å². The minimum absolute atomic E-state index is 0. The van der Waals surface area contributed by atoms with Crippen molar-refractivity contribution in [2.45, 2.75) is 0 Å². The van der Waals surface area contributed by atoms with Crippen molar-refractivity contribution < 1.29 is 32.7 Å². The molecule has 0 spiro atoms. The Morgan fingerprint density at radius 3 is 2.35 bits per heavy atom. The third-order valence-corrected chi connectivity index (χ3v) is 2.66. The molecule has 79 valence electrons. The Hall–Kier alpha value is -0.976. The average Bonchev–Trinajstić information content (AvgIpc) is 2.39. The first-order valence-electron chi connectivity index (χ1n) is 5.32. The average molecular weight is 291 g/mol. The quantitative estimate of drug-likeness (QED) is 0.592. The van der Waals surface area contributed by atoms with Crippen molar-refractivity contribution in [2.24, 2.45) is 0 Å². The van der Waals surface area contributed by atoms with Gasteiger partial charge in [0.25, 0.3) is 0 Å². The monoisotopic (exact) mass is 291 g/mol. The van der Waals surface area contributed by atoms with Crippen LogP contribution in [0.3, 0.4) is 0 Å². The van der Waals surface area contributed by atoms with E-state index in [4.69, 9.17) is 0 Å². The molecule has 17 heavy (non-hydrogen) atoms. The molecule has 0 amide bonds. The first-order valence-corrected chi connectivity index (χ1v) is 5.32. The van der Waals surface area contributed by atoms with Gasteiger partial charge in [-0.05, 0) is 0 Å². The summed E-state index contributed by atoms with van der Waals surface area (Å²) in [5, 5.41) is 2.37. The summed E-state index contributed by atoms with van der Waals surface area (Å²) in [4.78, 5) is 0. The standard InChI is InChI=1S/C16H10.Y/c1-2-6-13(7-3-1)16-11-10-14-8-4-5-9-15(14)12-16;/h1-6,8-11H;/q-2;. The van der Waals surface area contributed by atoms with Gasteiger partial charge in [-0.3, -0.25) is 0 Å². The molecule has 0 saturated heterocycles. The van der Waals surface area contributed by atoms with Crippen molar-refractivity contribution >= 4 is 10.8 Å². The van der Waals surface area contributed by atoms with Gasteiger partial charge >= 0.3 is 0 Å². The molecule has 3 aromatic carbocycles. The van der Waals surface area contributed by atoms with Gasteiger partial charge in [-0.15, -0.1) is 23.6 Å². The summed E-state index contributed by atoms with van der Waals surface area (Å²) in [6.07, 6.45) is 0. The van der Waals surface area contributed by atoms with Crippen molar-refractivity contribution in [2.75, 3.05) is 0 Å². The second kappa shape index (κ2) is 5.57. The zero-order chi connectivity index (χ0) is 10.8. The zero-order valence-corrected chi connectivity index (χ0v) is 12.2. The number of hydrogen-bond donors (Lipinski definition) is 0. The first-order chi connectivity index (χ1) is 7.93. The van der Waals surface area contributed by atoms with E-state index in [1.165, 1.54) is 5.39 Å². The maximum absolute atomic E-state index is 3.41. The van der Waals surface area contributed by atoms with Gasteiger partial charge < -0.3 is 0 Å². The van der Waals surface area contributed by atoms with Gasteiger partial charge in [0.1, 0.15) is 0 Å². The third kappa shape index (κ3) is 2.65. The first kappa shape index (κ1) is 12.5. The molecule has 3 rings (SSSR count). The molecule has 0 saturated carbocycles. The number of hydrogen-bond acceptors (Lipinski definition) is 0. The fraction of sp³-hybridized carbons (Fsp3) is 0. The smallest absolute Gasteiger partial charge is 0 e. The Morgan fingerprint density at radius 1 is 0.706 bits per heavy atom. The predicted octanol–water partition coefficient (Wildman–Crippen LogP) is 4.10. The molecule has 1 heteroatoms. The number of rotatable bonds is 1. The van der Waals surface area contributed by atoms with Crippen LogP contribution in [0, 0.1) is 12.1 Å². The Bertz CT molecular complexity index is 615. The maximum atomic E-state index is 3.41. The molecule has 0 nitrogen and oxygen atoms in total. The molecule has 1 radical (unpaired) electrons. The van der Waals surface area contributed by atoms with Gasteiger partial charge in [0, 0.05) is 32.7 Å². The summed E-state index contributed by atoms with van der Waals surface area (Å²) in [7, 11) is 0. The van der Waals surface area contributed by atoms with Gasteiger partial charge in [0.2, 0.25) is 0 Å². The number of fused-ring (bicyclic) bond motifs is 1. The second-order valence-electron chi connectivity index (χ2n) is 3.74. The minimum atomic E-state index is 0. The maximum Gasteiger partial charge on any atom is 0 e. The normalized spacial score (nSPS) is 9.88. The van der Waals surface area contributed by atoms with Crippen LogP contribution in [0.15, 0.2) is 60.7 Å². The van der Waals surface area contributed by atoms with Crippen LogP contribution in [0.5, 0.6) is 0 Å². The summed E-state index contributed by atoms with van der Waals surface area (Å²) in [5.74, 6) is 0. The minimum Gasteiger partial charge on any atom is -0.209 e. The fourth-order valence-electron chi connectivity index (χ4n) is 1.83. The Kier molecular flexibility index (Phi) is 4.09. The van der Waals surface area contributed by atoms with Crippen molar-refractivity contribution in [1.29, 1.82) is 0 Å². The molecule has 0 heterocycles. The fourth-order valence-corrected chi connectivity index (χ4v) is 1.83. The van der Waals surface area contributed by atoms with E-state index in [9.17, 15) is 0 Å². The molecular formula is C16H10Y-2. The van der Waals surface area contributed by atoms with E-state index in [1.54, 1.807) is 0 Å². The van der Waals surface area contributed by atoms with Crippen molar-refractivity contribution in [3.63, 3.8) is 0 Å². The summed E-state index contributed by atoms with van der Waals surface area (Å²) < 4.78 is 0. The van der Waals surface area contributed by atoms with Crippen LogP contribution in [0.4, 0.5) is 0 Å². The topological polar surface area (TPSA) is 0 Å². The molecule has 0 aliphatic rings. The molecule has 0 N–H and O–H groups in total. The molecule has 0 atom stereocenters. The van der Waals surface area contributed by atoms with E-state index in [0.29, 0.717) is 0 Å². The molecule has 0 unspecified atom stereocenters. The molecule has 0 aliphatic heterocycles. The van der Waals surface area contributed by atoms with E-state index in [0.717, 1.165) is 16.5 Å². The SMILES string of the molecule is [Y].[c-]1ccccc1-c1[c-]c2ccccc2cc1. The van der Waals surface area contributed by atoms with E-state index < -0.39 is 0 Å². The van der Waals surface area contributed by atoms with E-state index >= 15 is 0 Å². The molecule has 3 aromatic rings. The van der Waals surface area contributed by atoms with Crippen LogP contribution in [-0.4, -0.2) is 0 Å². The molecular weight excluding hydrogens is 281 g/mol. The number of benzene rings is 3. The van der Waals surface area contributed by atoms with Gasteiger partial charge in [0.05, 0.1) is 0 Å². The van der Waals surface area contributed by atoms with Crippen LogP contribution in [0.2, 0.25) is 0 Å². The summed E-state index contributed by atoms with van der Waals surface area (Å²) in [6, 6.07) is 27.1. The molecule has 0 aromatic heterocycles. The second-order valence-corrected chi connectivity index (χ2v) is 3.74. The Morgan fingerprint density at radius 2 is 1.53 bits per heavy atom. The summed E-state index contributed by atoms with van der Waals surface area (Å²) >= 11 is 0. The van der Waals surface area contributed by atoms with Crippen molar-refractivity contribution in [1.82, 2.24) is 0 Å². The van der Waals surface area contributed by atoms with Crippen LogP contribution in [-0.2, 0) is 32.7 Å². The molecule has 0 fully saturated rings. The van der Waals surface area contributed by atoms with Gasteiger partial charge in [-0.2, -0.15) is 42.0 Å². The van der Waals surface area contributed by atoms with Crippen LogP contribution >= 0.6 is 0 Å². The molecule has 0 bridgehead atoms. The van der Waals surface area contributed by atoms with E-state index in [1.807, 2.05) is 30.3 Å². The van der Waals surface area contributed by atoms with Crippen LogP contribution in [0.1, 0.15) is 0 Å². The van der Waals surface area contributed by atoms with Gasteiger partial charge in [-0.25, -0.2) is 5.56 Å². The van der Waals surface area contributed by atoms with Crippen molar-refractivity contribution in [3.05, 3.63) is 72.8 Å². The van der Waals surface area contributed by atoms with Crippen LogP contribution < -0.4 is 0 Å². The van der Waals surface area contributed by atoms with Crippen LogP contribution in [0.25, 0.3) is 21.9 Å². The Labute approximate surface area is 127 Å². The summed E-state index contributed by atoms with van der Waals surface area (Å²) in [6.45, 7) is 0. The zero-order valence-electron chi connectivity index (χ0n) is 9.35. The van der Waals surface area contributed by atoms with Gasteiger partial charge in [0.15, 0.2) is 0 Å². The summed E-state index contributed by atoms with van der Waals surface area (Å²) in [5.41, 5.74) is 2.19. The molecule has 0 aliphatic carbocycles. The largest absolute Gasteiger partial charge is 0.209 e. The van der Waals surface area contributed by atoms with E-state index in [2.05, 4.69) is 42.5 Å². The predicted molar refractivity (Wildman–Crippen MR) is 67.1 cm³/mol. The Balaban J connectivity index is 0.00000108. The van der Waals surface area contributed by atoms with Gasteiger partial charge in [-0.1, -0.05) is 23.6 Å².